The summed E-state index contributed by atoms with van der Waals surface area (Å²) in [5.41, 5.74) is 0. The number of halogens is 1. The van der Waals surface area contributed by atoms with Crippen LogP contribution in [0.25, 0.3) is 43.1 Å². The van der Waals surface area contributed by atoms with Crippen molar-refractivity contribution in [2.45, 2.75) is 0 Å². The fourth-order valence-corrected chi connectivity index (χ4v) is 4.45. The summed E-state index contributed by atoms with van der Waals surface area (Å²) in [6.45, 7) is 0. The molecule has 0 aromatic heterocycles. The first kappa shape index (κ1) is 19.4. The number of phenols is 2. The van der Waals surface area contributed by atoms with Crippen LogP contribution in [0.3, 0.4) is 0 Å². The number of phenolic OH excluding ortho intramolecular Hbond substituents is 2. The van der Waals surface area contributed by atoms with Crippen LogP contribution in [0.15, 0.2) is 108 Å². The van der Waals surface area contributed by atoms with Crippen molar-refractivity contribution in [2.75, 3.05) is 0 Å². The predicted octanol–water partition coefficient (Wildman–Crippen LogP) is 8.16. The molecule has 0 aliphatic heterocycles. The van der Waals surface area contributed by atoms with Crippen molar-refractivity contribution in [1.82, 2.24) is 0 Å². The first-order valence-electron chi connectivity index (χ1n) is 10.0. The molecule has 0 radical (unpaired) electrons. The van der Waals surface area contributed by atoms with Crippen LogP contribution in [0.2, 0.25) is 0 Å². The average molecular weight is 467 g/mol. The number of benzene rings is 6. The second kappa shape index (κ2) is 7.93. The molecule has 2 N–H and O–H groups in total. The van der Waals surface area contributed by atoms with Gasteiger partial charge in [-0.05, 0) is 56.6 Å². The molecule has 150 valence electrons. The van der Waals surface area contributed by atoms with E-state index in [0.29, 0.717) is 11.5 Å². The summed E-state index contributed by atoms with van der Waals surface area (Å²) < 4.78 is 1.05. The van der Waals surface area contributed by atoms with Crippen LogP contribution >= 0.6 is 15.9 Å². The van der Waals surface area contributed by atoms with Crippen molar-refractivity contribution in [1.29, 1.82) is 0 Å². The Hall–Kier alpha value is -3.56. The van der Waals surface area contributed by atoms with Gasteiger partial charge in [-0.15, -0.1) is 0 Å². The summed E-state index contributed by atoms with van der Waals surface area (Å²) in [6.07, 6.45) is 0. The van der Waals surface area contributed by atoms with Crippen molar-refractivity contribution in [3.8, 4) is 11.5 Å². The number of rotatable bonds is 0. The number of hydrogen-bond acceptors (Lipinski definition) is 2. The summed E-state index contributed by atoms with van der Waals surface area (Å²) in [5.74, 6) is 0.690. The zero-order valence-corrected chi connectivity index (χ0v) is 18.2. The van der Waals surface area contributed by atoms with Gasteiger partial charge in [-0.2, -0.15) is 0 Å². The monoisotopic (exact) mass is 466 g/mol. The van der Waals surface area contributed by atoms with E-state index >= 15 is 0 Å². The summed E-state index contributed by atoms with van der Waals surface area (Å²) in [6, 6.07) is 33.6. The third kappa shape index (κ3) is 3.58. The number of fused-ring (bicyclic) bond motifs is 6. The molecular formula is C28H19BrO2. The van der Waals surface area contributed by atoms with E-state index in [0.717, 1.165) is 42.2 Å². The first-order chi connectivity index (χ1) is 15.1. The summed E-state index contributed by atoms with van der Waals surface area (Å²) in [4.78, 5) is 0. The average Bonchev–Trinajstić information content (AvgIpc) is 2.81. The SMILES string of the molecule is Oc1cc2ccc(Br)cc2c2ccccc12.Oc1cc2ccccc2c2ccccc12. The van der Waals surface area contributed by atoms with Crippen LogP contribution in [0.1, 0.15) is 0 Å². The Morgan fingerprint density at radius 3 is 1.48 bits per heavy atom. The van der Waals surface area contributed by atoms with Crippen LogP contribution in [0, 0.1) is 0 Å². The molecule has 0 unspecified atom stereocenters. The molecule has 0 heterocycles. The Balaban J connectivity index is 0.000000132. The van der Waals surface area contributed by atoms with E-state index in [9.17, 15) is 10.2 Å². The number of hydrogen-bond donors (Lipinski definition) is 2. The molecule has 0 saturated carbocycles. The lowest BCUT2D eigenvalue weighted by Gasteiger charge is -2.06. The second-order valence-electron chi connectivity index (χ2n) is 7.47. The van der Waals surface area contributed by atoms with E-state index in [1.807, 2.05) is 91.0 Å². The normalized spacial score (nSPS) is 11.0. The van der Waals surface area contributed by atoms with Gasteiger partial charge >= 0.3 is 0 Å². The number of aromatic hydroxyl groups is 2. The molecule has 3 heteroatoms. The van der Waals surface area contributed by atoms with Gasteiger partial charge in [0.2, 0.25) is 0 Å². The van der Waals surface area contributed by atoms with E-state index in [2.05, 4.69) is 28.1 Å². The zero-order chi connectivity index (χ0) is 21.4. The van der Waals surface area contributed by atoms with Crippen LogP contribution in [0.5, 0.6) is 11.5 Å². The fourth-order valence-electron chi connectivity index (χ4n) is 4.09. The Morgan fingerprint density at radius 2 is 0.871 bits per heavy atom. The molecule has 0 atom stereocenters. The quantitative estimate of drug-likeness (QED) is 0.221. The molecule has 0 fully saturated rings. The second-order valence-corrected chi connectivity index (χ2v) is 8.38. The lowest BCUT2D eigenvalue weighted by atomic mass is 10.0. The molecule has 0 saturated heterocycles. The Bertz CT molecular complexity index is 1570. The molecule has 6 rings (SSSR count). The minimum atomic E-state index is 0.338. The van der Waals surface area contributed by atoms with Crippen molar-refractivity contribution >= 4 is 59.0 Å². The van der Waals surface area contributed by atoms with Gasteiger partial charge in [0, 0.05) is 15.2 Å². The highest BCUT2D eigenvalue weighted by molar-refractivity contribution is 9.10. The van der Waals surface area contributed by atoms with Crippen molar-refractivity contribution in [3.63, 3.8) is 0 Å². The maximum atomic E-state index is 9.93. The van der Waals surface area contributed by atoms with Crippen molar-refractivity contribution < 1.29 is 10.2 Å². The van der Waals surface area contributed by atoms with Crippen LogP contribution < -0.4 is 0 Å². The third-order valence-electron chi connectivity index (χ3n) is 5.55. The maximum Gasteiger partial charge on any atom is 0.124 e. The third-order valence-corrected chi connectivity index (χ3v) is 6.04. The lowest BCUT2D eigenvalue weighted by Crippen LogP contribution is -1.79. The molecule has 0 aliphatic carbocycles. The largest absolute Gasteiger partial charge is 0.507 e. The molecule has 2 nitrogen and oxygen atoms in total. The van der Waals surface area contributed by atoms with Crippen LogP contribution in [0.4, 0.5) is 0 Å². The highest BCUT2D eigenvalue weighted by Crippen LogP contribution is 2.34. The van der Waals surface area contributed by atoms with Crippen LogP contribution in [-0.4, -0.2) is 10.2 Å². The van der Waals surface area contributed by atoms with Crippen molar-refractivity contribution in [3.05, 3.63) is 108 Å². The Labute approximate surface area is 188 Å². The molecule has 6 aromatic rings. The first-order valence-corrected chi connectivity index (χ1v) is 10.8. The van der Waals surface area contributed by atoms with E-state index in [4.69, 9.17) is 0 Å². The van der Waals surface area contributed by atoms with E-state index in [-0.39, 0.29) is 0 Å². The van der Waals surface area contributed by atoms with Gasteiger partial charge in [-0.1, -0.05) is 94.8 Å². The minimum absolute atomic E-state index is 0.338. The predicted molar refractivity (Wildman–Crippen MR) is 134 cm³/mol. The zero-order valence-electron chi connectivity index (χ0n) is 16.6. The highest BCUT2D eigenvalue weighted by Gasteiger charge is 2.05. The van der Waals surface area contributed by atoms with Gasteiger partial charge in [0.05, 0.1) is 0 Å². The smallest absolute Gasteiger partial charge is 0.124 e. The van der Waals surface area contributed by atoms with E-state index < -0.39 is 0 Å². The fraction of sp³-hybridized carbons (Fsp3) is 0. The summed E-state index contributed by atoms with van der Waals surface area (Å²) in [5, 5.41) is 28.3. The van der Waals surface area contributed by atoms with Gasteiger partial charge in [0.1, 0.15) is 11.5 Å². The minimum Gasteiger partial charge on any atom is -0.507 e. The van der Waals surface area contributed by atoms with Gasteiger partial charge in [-0.3, -0.25) is 0 Å². The summed E-state index contributed by atoms with van der Waals surface area (Å²) >= 11 is 3.47. The molecule has 31 heavy (non-hydrogen) atoms. The molecular weight excluding hydrogens is 448 g/mol. The lowest BCUT2D eigenvalue weighted by molar-refractivity contribution is 0.482. The topological polar surface area (TPSA) is 40.5 Å². The molecule has 0 aliphatic rings. The summed E-state index contributed by atoms with van der Waals surface area (Å²) in [7, 11) is 0. The Morgan fingerprint density at radius 1 is 0.419 bits per heavy atom. The van der Waals surface area contributed by atoms with Gasteiger partial charge in [0.15, 0.2) is 0 Å². The molecule has 6 aromatic carbocycles. The maximum absolute atomic E-state index is 9.93. The van der Waals surface area contributed by atoms with Gasteiger partial charge in [-0.25, -0.2) is 0 Å². The van der Waals surface area contributed by atoms with E-state index in [1.54, 1.807) is 0 Å². The van der Waals surface area contributed by atoms with Crippen LogP contribution in [-0.2, 0) is 0 Å². The standard InChI is InChI=1S/C14H9BrO.C14H10O/c15-10-6-5-9-7-14(16)12-4-2-1-3-11(12)13(9)8-10;15-14-9-10-5-1-2-6-11(10)12-7-3-4-8-13(12)14/h1-8,16H;1-9,15H. The van der Waals surface area contributed by atoms with E-state index in [1.165, 1.54) is 5.39 Å². The Kier molecular flexibility index (Phi) is 4.97. The molecule has 0 amide bonds. The van der Waals surface area contributed by atoms with Gasteiger partial charge < -0.3 is 10.2 Å². The molecule has 0 bridgehead atoms. The highest BCUT2D eigenvalue weighted by atomic mass is 79.9. The van der Waals surface area contributed by atoms with Crippen molar-refractivity contribution in [2.24, 2.45) is 0 Å². The molecule has 0 spiro atoms. The van der Waals surface area contributed by atoms with Gasteiger partial charge in [0.25, 0.3) is 0 Å².